The normalized spacial score (nSPS) is 13.6. The first kappa shape index (κ1) is 22.9. The smallest absolute Gasteiger partial charge is 0.270 e. The molecule has 1 aliphatic rings. The van der Waals surface area contributed by atoms with E-state index in [0.29, 0.717) is 29.1 Å². The predicted molar refractivity (Wildman–Crippen MR) is 144 cm³/mol. The molecule has 3 heterocycles. The van der Waals surface area contributed by atoms with E-state index in [1.54, 1.807) is 24.9 Å². The van der Waals surface area contributed by atoms with Crippen molar-refractivity contribution in [1.29, 1.82) is 0 Å². The van der Waals surface area contributed by atoms with Crippen molar-refractivity contribution in [1.82, 2.24) is 19.5 Å². The highest BCUT2D eigenvalue weighted by molar-refractivity contribution is 6.37. The van der Waals surface area contributed by atoms with E-state index in [4.69, 9.17) is 0 Å². The lowest BCUT2D eigenvalue weighted by atomic mass is 9.98. The van der Waals surface area contributed by atoms with Crippen LogP contribution in [0.3, 0.4) is 0 Å². The maximum absolute atomic E-state index is 13.2. The number of rotatable bonds is 7. The van der Waals surface area contributed by atoms with E-state index in [-0.39, 0.29) is 11.6 Å². The number of aromatic nitrogens is 4. The van der Waals surface area contributed by atoms with Gasteiger partial charge in [-0.3, -0.25) is 14.9 Å². The number of nitrogens with zero attached hydrogens (tertiary/aromatic N) is 4. The highest BCUT2D eigenvalue weighted by Crippen LogP contribution is 2.39. The van der Waals surface area contributed by atoms with Gasteiger partial charge in [0.1, 0.15) is 0 Å². The van der Waals surface area contributed by atoms with Crippen molar-refractivity contribution < 1.29 is 9.72 Å². The fourth-order valence-corrected chi connectivity index (χ4v) is 4.45. The van der Waals surface area contributed by atoms with Gasteiger partial charge in [0.15, 0.2) is 0 Å². The number of anilines is 2. The average molecular weight is 504 g/mol. The molecule has 0 atom stereocenters. The number of imidazole rings is 2. The molecule has 10 nitrogen and oxygen atoms in total. The number of fused-ring (bicyclic) bond motifs is 1. The molecule has 1 aliphatic heterocycles. The van der Waals surface area contributed by atoms with Crippen molar-refractivity contribution in [3.8, 4) is 11.3 Å². The molecule has 5 aromatic rings. The van der Waals surface area contributed by atoms with E-state index in [1.807, 2.05) is 65.5 Å². The number of benzene rings is 3. The van der Waals surface area contributed by atoms with Gasteiger partial charge in [0.25, 0.3) is 11.6 Å². The van der Waals surface area contributed by atoms with Gasteiger partial charge in [-0.05, 0) is 29.3 Å². The van der Waals surface area contributed by atoms with Gasteiger partial charge < -0.3 is 20.2 Å². The number of nitro groups is 1. The van der Waals surface area contributed by atoms with Gasteiger partial charge >= 0.3 is 0 Å². The van der Waals surface area contributed by atoms with Gasteiger partial charge in [0, 0.05) is 59.8 Å². The summed E-state index contributed by atoms with van der Waals surface area (Å²) in [5.41, 5.74) is 6.13. The van der Waals surface area contributed by atoms with Crippen LogP contribution in [-0.4, -0.2) is 30.3 Å². The summed E-state index contributed by atoms with van der Waals surface area (Å²) in [5, 5.41) is 17.7. The molecule has 0 unspecified atom stereocenters. The number of H-pyrrole nitrogens is 1. The Balaban J connectivity index is 1.42. The molecule has 1 amide bonds. The molecular formula is C28H21N7O3. The standard InChI is InChI=1S/C28H21N7O3/c36-28-26(23-13-22(35(37)38)9-10-24(23)33-28)27(20-3-1-18(2-4-20)15-34-12-11-29-17-34)32-21-7-5-19(6-8-21)25-14-30-16-31-25/h1-14,16-17,32H,15H2,(H,30,31)(H,33,36)/b27-26-. The molecule has 0 spiro atoms. The number of aromatic amines is 1. The van der Waals surface area contributed by atoms with Crippen LogP contribution in [0.2, 0.25) is 0 Å². The number of hydrogen-bond acceptors (Lipinski definition) is 6. The maximum atomic E-state index is 13.2. The zero-order chi connectivity index (χ0) is 26.1. The molecule has 0 aliphatic carbocycles. The lowest BCUT2D eigenvalue weighted by molar-refractivity contribution is -0.384. The number of carbonyl (C=O) groups excluding carboxylic acids is 1. The molecule has 0 fully saturated rings. The summed E-state index contributed by atoms with van der Waals surface area (Å²) in [6, 6.07) is 19.9. The Hall–Kier alpha value is -5.51. The van der Waals surface area contributed by atoms with Crippen molar-refractivity contribution in [2.24, 2.45) is 0 Å². The fourth-order valence-electron chi connectivity index (χ4n) is 4.45. The van der Waals surface area contributed by atoms with Crippen molar-refractivity contribution in [2.45, 2.75) is 6.54 Å². The molecule has 0 bridgehead atoms. The van der Waals surface area contributed by atoms with Gasteiger partial charge in [-0.2, -0.15) is 0 Å². The zero-order valence-electron chi connectivity index (χ0n) is 20.0. The third-order valence-corrected chi connectivity index (χ3v) is 6.32. The quantitative estimate of drug-likeness (QED) is 0.160. The topological polar surface area (TPSA) is 131 Å². The molecule has 0 saturated heterocycles. The summed E-state index contributed by atoms with van der Waals surface area (Å²) in [4.78, 5) is 35.5. The highest BCUT2D eigenvalue weighted by atomic mass is 16.6. The average Bonchev–Trinajstić information content (AvgIpc) is 3.70. The van der Waals surface area contributed by atoms with E-state index in [1.165, 1.54) is 12.1 Å². The van der Waals surface area contributed by atoms with Crippen LogP contribution in [0.5, 0.6) is 0 Å². The highest BCUT2D eigenvalue weighted by Gasteiger charge is 2.30. The van der Waals surface area contributed by atoms with Crippen molar-refractivity contribution in [2.75, 3.05) is 10.6 Å². The second-order valence-corrected chi connectivity index (χ2v) is 8.78. The minimum atomic E-state index is -0.466. The van der Waals surface area contributed by atoms with Crippen LogP contribution < -0.4 is 10.6 Å². The SMILES string of the molecule is O=C1Nc2ccc([N+](=O)[O-])cc2/C1=C(/Nc1ccc(-c2c[nH]cn2)cc1)c1ccc(Cn2ccnc2)cc1. The molecule has 0 saturated carbocycles. The minimum Gasteiger partial charge on any atom is -0.354 e. The lowest BCUT2D eigenvalue weighted by Gasteiger charge is -2.16. The van der Waals surface area contributed by atoms with Gasteiger partial charge in [0.2, 0.25) is 0 Å². The van der Waals surface area contributed by atoms with Crippen LogP contribution in [0.25, 0.3) is 22.5 Å². The Labute approximate surface area is 216 Å². The summed E-state index contributed by atoms with van der Waals surface area (Å²) < 4.78 is 1.97. The summed E-state index contributed by atoms with van der Waals surface area (Å²) in [6.45, 7) is 0.657. The summed E-state index contributed by atoms with van der Waals surface area (Å²) in [5.74, 6) is -0.335. The molecule has 0 radical (unpaired) electrons. The van der Waals surface area contributed by atoms with Crippen LogP contribution in [0.4, 0.5) is 17.1 Å². The first-order chi connectivity index (χ1) is 18.5. The van der Waals surface area contributed by atoms with E-state index in [0.717, 1.165) is 28.1 Å². The maximum Gasteiger partial charge on any atom is 0.270 e. The molecular weight excluding hydrogens is 482 g/mol. The first-order valence-corrected chi connectivity index (χ1v) is 11.8. The Morgan fingerprint density at radius 1 is 1.05 bits per heavy atom. The summed E-state index contributed by atoms with van der Waals surface area (Å²) >= 11 is 0. The monoisotopic (exact) mass is 503 g/mol. The minimum absolute atomic E-state index is 0.0869. The van der Waals surface area contributed by atoms with E-state index in [9.17, 15) is 14.9 Å². The molecule has 3 N–H and O–H groups in total. The zero-order valence-corrected chi connectivity index (χ0v) is 20.0. The van der Waals surface area contributed by atoms with Crippen molar-refractivity contribution >= 4 is 34.2 Å². The molecule has 10 heteroatoms. The third-order valence-electron chi connectivity index (χ3n) is 6.32. The van der Waals surface area contributed by atoms with E-state index in [2.05, 4.69) is 25.6 Å². The number of nitro benzene ring substituents is 1. The van der Waals surface area contributed by atoms with Gasteiger partial charge in [-0.25, -0.2) is 9.97 Å². The lowest BCUT2D eigenvalue weighted by Crippen LogP contribution is -2.10. The van der Waals surface area contributed by atoms with Gasteiger partial charge in [-0.1, -0.05) is 36.4 Å². The van der Waals surface area contributed by atoms with Crippen LogP contribution in [0, 0.1) is 10.1 Å². The number of carbonyl (C=O) groups is 1. The third kappa shape index (κ3) is 4.42. The van der Waals surface area contributed by atoms with Gasteiger partial charge in [-0.15, -0.1) is 0 Å². The number of non-ortho nitro benzene ring substituents is 1. The second kappa shape index (κ2) is 9.51. The second-order valence-electron chi connectivity index (χ2n) is 8.78. The van der Waals surface area contributed by atoms with Gasteiger partial charge in [0.05, 0.1) is 34.5 Å². The molecule has 38 heavy (non-hydrogen) atoms. The first-order valence-electron chi connectivity index (χ1n) is 11.8. The van der Waals surface area contributed by atoms with E-state index < -0.39 is 4.92 Å². The Kier molecular flexibility index (Phi) is 5.74. The van der Waals surface area contributed by atoms with Crippen LogP contribution >= 0.6 is 0 Å². The largest absolute Gasteiger partial charge is 0.354 e. The van der Waals surface area contributed by atoms with Crippen molar-refractivity contribution in [3.63, 3.8) is 0 Å². The molecule has 186 valence electrons. The van der Waals surface area contributed by atoms with Crippen LogP contribution in [0.1, 0.15) is 16.7 Å². The Morgan fingerprint density at radius 3 is 2.55 bits per heavy atom. The summed E-state index contributed by atoms with van der Waals surface area (Å²) in [6.07, 6.45) is 8.81. The molecule has 6 rings (SSSR count). The fraction of sp³-hybridized carbons (Fsp3) is 0.0357. The molecule has 3 aromatic carbocycles. The number of amides is 1. The Bertz CT molecular complexity index is 1650. The van der Waals surface area contributed by atoms with Crippen LogP contribution in [-0.2, 0) is 11.3 Å². The Morgan fingerprint density at radius 2 is 1.87 bits per heavy atom. The van der Waals surface area contributed by atoms with E-state index >= 15 is 0 Å². The van der Waals surface area contributed by atoms with Crippen LogP contribution in [0.15, 0.2) is 98.0 Å². The van der Waals surface area contributed by atoms with Crippen molar-refractivity contribution in [3.05, 3.63) is 125 Å². The summed E-state index contributed by atoms with van der Waals surface area (Å²) in [7, 11) is 0. The predicted octanol–water partition coefficient (Wildman–Crippen LogP) is 5.16. The number of nitrogens with one attached hydrogen (secondary N) is 3. The molecule has 2 aromatic heterocycles. The number of hydrogen-bond donors (Lipinski definition) is 3.